The maximum atomic E-state index is 9.06. The molecule has 1 aromatic heterocycles. The number of pyridine rings is 1. The second-order valence-corrected chi connectivity index (χ2v) is 5.99. The van der Waals surface area contributed by atoms with E-state index in [0.717, 1.165) is 30.8 Å². The SMILES string of the molecule is CO[C@@H]1C[C@@H](COc2cccnc2)N(Cc2cccc(C#N)c2)C1. The fraction of sp³-hybridized carbons (Fsp3) is 0.368. The fourth-order valence-electron chi connectivity index (χ4n) is 3.07. The molecule has 124 valence electrons. The molecule has 0 N–H and O–H groups in total. The van der Waals surface area contributed by atoms with E-state index in [9.17, 15) is 0 Å². The Labute approximate surface area is 142 Å². The molecule has 2 aromatic rings. The van der Waals surface area contributed by atoms with Crippen LogP contribution < -0.4 is 4.74 Å². The van der Waals surface area contributed by atoms with Crippen LogP contribution in [0.4, 0.5) is 0 Å². The lowest BCUT2D eigenvalue weighted by molar-refractivity contribution is 0.107. The normalized spacial score (nSPS) is 20.7. The van der Waals surface area contributed by atoms with E-state index in [2.05, 4.69) is 22.0 Å². The highest BCUT2D eigenvalue weighted by atomic mass is 16.5. The zero-order chi connectivity index (χ0) is 16.8. The summed E-state index contributed by atoms with van der Waals surface area (Å²) in [5, 5.41) is 9.06. The minimum Gasteiger partial charge on any atom is -0.490 e. The monoisotopic (exact) mass is 323 g/mol. The van der Waals surface area contributed by atoms with E-state index in [1.54, 1.807) is 19.5 Å². The van der Waals surface area contributed by atoms with Crippen LogP contribution in [0.25, 0.3) is 0 Å². The predicted molar refractivity (Wildman–Crippen MR) is 90.5 cm³/mol. The average Bonchev–Trinajstić information content (AvgIpc) is 3.03. The Morgan fingerprint density at radius 1 is 1.33 bits per heavy atom. The molecule has 0 radical (unpaired) electrons. The van der Waals surface area contributed by atoms with Crippen LogP contribution in [0.1, 0.15) is 17.5 Å². The van der Waals surface area contributed by atoms with Crippen molar-refractivity contribution in [2.75, 3.05) is 20.3 Å². The maximum absolute atomic E-state index is 9.06. The second-order valence-electron chi connectivity index (χ2n) is 5.99. The van der Waals surface area contributed by atoms with Gasteiger partial charge >= 0.3 is 0 Å². The number of benzene rings is 1. The van der Waals surface area contributed by atoms with Crippen LogP contribution in [0, 0.1) is 11.3 Å². The van der Waals surface area contributed by atoms with Gasteiger partial charge in [-0.2, -0.15) is 5.26 Å². The van der Waals surface area contributed by atoms with Gasteiger partial charge in [0.25, 0.3) is 0 Å². The molecule has 2 atom stereocenters. The van der Waals surface area contributed by atoms with Gasteiger partial charge in [0.15, 0.2) is 0 Å². The van der Waals surface area contributed by atoms with Crippen LogP contribution in [-0.2, 0) is 11.3 Å². The molecular weight excluding hydrogens is 302 g/mol. The van der Waals surface area contributed by atoms with E-state index < -0.39 is 0 Å². The minimum atomic E-state index is 0.214. The van der Waals surface area contributed by atoms with Crippen molar-refractivity contribution in [1.82, 2.24) is 9.88 Å². The van der Waals surface area contributed by atoms with Crippen molar-refractivity contribution in [3.63, 3.8) is 0 Å². The third-order valence-corrected chi connectivity index (χ3v) is 4.34. The highest BCUT2D eigenvalue weighted by Crippen LogP contribution is 2.23. The number of methoxy groups -OCH3 is 1. The van der Waals surface area contributed by atoms with E-state index in [-0.39, 0.29) is 12.1 Å². The lowest BCUT2D eigenvalue weighted by atomic mass is 10.1. The van der Waals surface area contributed by atoms with Crippen molar-refractivity contribution < 1.29 is 9.47 Å². The quantitative estimate of drug-likeness (QED) is 0.818. The van der Waals surface area contributed by atoms with Gasteiger partial charge in [-0.05, 0) is 36.2 Å². The first kappa shape index (κ1) is 16.4. The molecule has 0 aliphatic carbocycles. The predicted octanol–water partition coefficient (Wildman–Crippen LogP) is 2.62. The first-order chi connectivity index (χ1) is 11.8. The summed E-state index contributed by atoms with van der Waals surface area (Å²) < 4.78 is 11.4. The Morgan fingerprint density at radius 3 is 3.00 bits per heavy atom. The Morgan fingerprint density at radius 2 is 2.25 bits per heavy atom. The molecule has 1 fully saturated rings. The minimum absolute atomic E-state index is 0.214. The van der Waals surface area contributed by atoms with Crippen molar-refractivity contribution >= 4 is 0 Å². The van der Waals surface area contributed by atoms with E-state index in [1.807, 2.05) is 30.3 Å². The molecule has 1 saturated heterocycles. The van der Waals surface area contributed by atoms with Crippen LogP contribution in [0.5, 0.6) is 5.75 Å². The van der Waals surface area contributed by atoms with Gasteiger partial charge in [-0.25, -0.2) is 0 Å². The number of aromatic nitrogens is 1. The van der Waals surface area contributed by atoms with Gasteiger partial charge in [0.2, 0.25) is 0 Å². The van der Waals surface area contributed by atoms with Gasteiger partial charge in [-0.3, -0.25) is 9.88 Å². The molecule has 2 heterocycles. The van der Waals surface area contributed by atoms with Gasteiger partial charge in [0.1, 0.15) is 12.4 Å². The number of hydrogen-bond acceptors (Lipinski definition) is 5. The van der Waals surface area contributed by atoms with Crippen LogP contribution in [0.15, 0.2) is 48.8 Å². The lowest BCUT2D eigenvalue weighted by Crippen LogP contribution is -2.33. The fourth-order valence-corrected chi connectivity index (χ4v) is 3.07. The molecule has 1 aliphatic heterocycles. The summed E-state index contributed by atoms with van der Waals surface area (Å²) in [5.74, 6) is 0.782. The Balaban J connectivity index is 1.66. The highest BCUT2D eigenvalue weighted by Gasteiger charge is 2.32. The molecule has 0 unspecified atom stereocenters. The summed E-state index contributed by atoms with van der Waals surface area (Å²) in [4.78, 5) is 6.44. The summed E-state index contributed by atoms with van der Waals surface area (Å²) in [6.07, 6.45) is 4.61. The maximum Gasteiger partial charge on any atom is 0.137 e. The van der Waals surface area contributed by atoms with Gasteiger partial charge in [0.05, 0.1) is 23.9 Å². The lowest BCUT2D eigenvalue weighted by Gasteiger charge is -2.24. The zero-order valence-corrected chi connectivity index (χ0v) is 13.8. The molecule has 5 nitrogen and oxygen atoms in total. The molecule has 1 aromatic carbocycles. The second kappa shape index (κ2) is 7.91. The van der Waals surface area contributed by atoms with Gasteiger partial charge in [-0.1, -0.05) is 12.1 Å². The molecule has 0 saturated carbocycles. The Bertz CT molecular complexity index is 699. The topological polar surface area (TPSA) is 58.4 Å². The summed E-state index contributed by atoms with van der Waals surface area (Å²) in [7, 11) is 1.75. The van der Waals surface area contributed by atoms with Crippen molar-refractivity contribution in [2.24, 2.45) is 0 Å². The van der Waals surface area contributed by atoms with Crippen molar-refractivity contribution in [1.29, 1.82) is 5.26 Å². The molecule has 0 amide bonds. The summed E-state index contributed by atoms with van der Waals surface area (Å²) in [6.45, 7) is 2.26. The molecule has 0 spiro atoms. The van der Waals surface area contributed by atoms with Gasteiger partial charge < -0.3 is 9.47 Å². The third kappa shape index (κ3) is 4.10. The number of rotatable bonds is 6. The molecule has 3 rings (SSSR count). The van der Waals surface area contributed by atoms with Crippen molar-refractivity contribution in [3.05, 3.63) is 59.9 Å². The number of nitriles is 1. The summed E-state index contributed by atoms with van der Waals surface area (Å²) >= 11 is 0. The number of nitrogens with zero attached hydrogens (tertiary/aromatic N) is 3. The average molecular weight is 323 g/mol. The number of hydrogen-bond donors (Lipinski definition) is 0. The van der Waals surface area contributed by atoms with Crippen LogP contribution in [0.2, 0.25) is 0 Å². The van der Waals surface area contributed by atoms with Crippen LogP contribution >= 0.6 is 0 Å². The molecular formula is C19H21N3O2. The molecule has 24 heavy (non-hydrogen) atoms. The zero-order valence-electron chi connectivity index (χ0n) is 13.8. The van der Waals surface area contributed by atoms with Crippen LogP contribution in [0.3, 0.4) is 0 Å². The van der Waals surface area contributed by atoms with E-state index in [0.29, 0.717) is 12.2 Å². The Hall–Kier alpha value is -2.42. The van der Waals surface area contributed by atoms with E-state index >= 15 is 0 Å². The number of ether oxygens (including phenoxy) is 2. The molecule has 5 heteroatoms. The summed E-state index contributed by atoms with van der Waals surface area (Å²) in [5.41, 5.74) is 1.83. The third-order valence-electron chi connectivity index (χ3n) is 4.34. The van der Waals surface area contributed by atoms with Crippen molar-refractivity contribution in [3.8, 4) is 11.8 Å². The summed E-state index contributed by atoms with van der Waals surface area (Å²) in [6, 6.07) is 14.0. The standard InChI is InChI=1S/C19H21N3O2/c1-23-19-9-17(14-24-18-6-3-7-21-11-18)22(13-19)12-16-5-2-4-15(8-16)10-20/h2-8,11,17,19H,9,12-14H2,1H3/t17-,19+/m0/s1. The van der Waals surface area contributed by atoms with Crippen LogP contribution in [-0.4, -0.2) is 42.3 Å². The van der Waals surface area contributed by atoms with E-state index in [4.69, 9.17) is 14.7 Å². The first-order valence-electron chi connectivity index (χ1n) is 8.07. The van der Waals surface area contributed by atoms with Gasteiger partial charge in [0, 0.05) is 32.4 Å². The van der Waals surface area contributed by atoms with E-state index in [1.165, 1.54) is 0 Å². The smallest absolute Gasteiger partial charge is 0.137 e. The highest BCUT2D eigenvalue weighted by molar-refractivity contribution is 5.32. The largest absolute Gasteiger partial charge is 0.490 e. The molecule has 1 aliphatic rings. The Kier molecular flexibility index (Phi) is 5.42. The molecule has 0 bridgehead atoms. The number of likely N-dealkylation sites (tertiary alicyclic amines) is 1. The first-order valence-corrected chi connectivity index (χ1v) is 8.07. The van der Waals surface area contributed by atoms with Gasteiger partial charge in [-0.15, -0.1) is 0 Å². The van der Waals surface area contributed by atoms with Crippen molar-refractivity contribution in [2.45, 2.75) is 25.1 Å².